The average Bonchev–Trinajstić information content (AvgIpc) is 3.53. The van der Waals surface area contributed by atoms with E-state index >= 15 is 0 Å². The number of nitrogens with zero attached hydrogens (tertiary/aromatic N) is 3. The summed E-state index contributed by atoms with van der Waals surface area (Å²) in [4.78, 5) is 16.8. The molecule has 2 N–H and O–H groups in total. The van der Waals surface area contributed by atoms with Crippen molar-refractivity contribution in [1.29, 1.82) is 0 Å². The van der Waals surface area contributed by atoms with Crippen molar-refractivity contribution in [3.63, 3.8) is 0 Å². The summed E-state index contributed by atoms with van der Waals surface area (Å²) in [6.45, 7) is 0.680. The zero-order valence-electron chi connectivity index (χ0n) is 20.2. The molecule has 0 spiro atoms. The van der Waals surface area contributed by atoms with Gasteiger partial charge in [-0.15, -0.1) is 5.10 Å². The highest BCUT2D eigenvalue weighted by Gasteiger charge is 2.17. The van der Waals surface area contributed by atoms with Crippen LogP contribution in [0, 0.1) is 0 Å². The van der Waals surface area contributed by atoms with Gasteiger partial charge in [0.2, 0.25) is 5.16 Å². The molecule has 0 amide bonds. The van der Waals surface area contributed by atoms with Gasteiger partial charge in [-0.3, -0.25) is 5.10 Å². The van der Waals surface area contributed by atoms with E-state index in [1.54, 1.807) is 38.5 Å². The Morgan fingerprint density at radius 2 is 1.73 bits per heavy atom. The quantitative estimate of drug-likeness (QED) is 0.193. The van der Waals surface area contributed by atoms with Crippen LogP contribution in [0.2, 0.25) is 0 Å². The topological polar surface area (TPSA) is 102 Å². The van der Waals surface area contributed by atoms with Gasteiger partial charge in [0.1, 0.15) is 16.4 Å². The molecule has 0 aliphatic heterocycles. The van der Waals surface area contributed by atoms with Crippen LogP contribution in [-0.2, 0) is 11.3 Å². The van der Waals surface area contributed by atoms with E-state index in [-0.39, 0.29) is 4.91 Å². The molecule has 0 atom stereocenters. The predicted molar refractivity (Wildman–Crippen MR) is 144 cm³/mol. The van der Waals surface area contributed by atoms with Crippen LogP contribution in [0.1, 0.15) is 11.1 Å². The summed E-state index contributed by atoms with van der Waals surface area (Å²) in [5.74, 6) is 0.638. The van der Waals surface area contributed by atoms with E-state index in [0.29, 0.717) is 34.6 Å². The second-order valence-corrected chi connectivity index (χ2v) is 9.21. The van der Waals surface area contributed by atoms with Crippen molar-refractivity contribution >= 4 is 34.7 Å². The van der Waals surface area contributed by atoms with E-state index in [0.717, 1.165) is 33.8 Å². The van der Waals surface area contributed by atoms with Gasteiger partial charge in [-0.1, -0.05) is 48.5 Å². The molecule has 9 heteroatoms. The normalized spacial score (nSPS) is 11.6. The lowest BCUT2D eigenvalue weighted by Crippen LogP contribution is -1.98. The highest BCUT2D eigenvalue weighted by Crippen LogP contribution is 2.32. The molecule has 0 aliphatic rings. The molecule has 0 saturated carbocycles. The lowest BCUT2D eigenvalue weighted by Gasteiger charge is -2.06. The fourth-order valence-corrected chi connectivity index (χ4v) is 4.74. The molecule has 0 unspecified atom stereocenters. The summed E-state index contributed by atoms with van der Waals surface area (Å²) in [7, 11) is 3.14. The van der Waals surface area contributed by atoms with Gasteiger partial charge in [0.25, 0.3) is 0 Å². The number of methoxy groups -OCH3 is 2. The van der Waals surface area contributed by atoms with E-state index in [9.17, 15) is 9.90 Å². The zero-order chi connectivity index (χ0) is 25.8. The van der Waals surface area contributed by atoms with Crippen molar-refractivity contribution in [3.8, 4) is 22.9 Å². The molecular weight excluding hydrogens is 488 g/mol. The summed E-state index contributed by atoms with van der Waals surface area (Å²) < 4.78 is 12.8. The fraction of sp³-hybridized carbons (Fsp3) is 0.107. The van der Waals surface area contributed by atoms with Crippen LogP contribution < -0.4 is 9.47 Å². The number of hydrogen-bond acceptors (Lipinski definition) is 6. The van der Waals surface area contributed by atoms with Crippen molar-refractivity contribution < 1.29 is 19.4 Å². The molecule has 5 aromatic rings. The molecule has 0 radical (unpaired) electrons. The number of aromatic nitrogens is 4. The van der Waals surface area contributed by atoms with Gasteiger partial charge < -0.3 is 19.1 Å². The molecule has 0 saturated heterocycles. The van der Waals surface area contributed by atoms with Crippen LogP contribution in [0.4, 0.5) is 0 Å². The Hall–Kier alpha value is -4.50. The SMILES string of the molecule is COc1cc(OC)cc(-c2nc(S/C(=C\c3cn(Cc4ccccc4)c4ccccc34)C(=O)O)n[nH]2)c1. The van der Waals surface area contributed by atoms with Gasteiger partial charge >= 0.3 is 5.97 Å². The minimum absolute atomic E-state index is 0.108. The van der Waals surface area contributed by atoms with Crippen molar-refractivity contribution in [1.82, 2.24) is 19.7 Å². The minimum Gasteiger partial charge on any atom is -0.497 e. The third kappa shape index (κ3) is 5.36. The molecule has 186 valence electrons. The van der Waals surface area contributed by atoms with Gasteiger partial charge in [-0.2, -0.15) is 0 Å². The molecule has 37 heavy (non-hydrogen) atoms. The first-order valence-corrected chi connectivity index (χ1v) is 12.3. The molecule has 2 aromatic heterocycles. The van der Waals surface area contributed by atoms with Crippen LogP contribution in [0.25, 0.3) is 28.4 Å². The average molecular weight is 513 g/mol. The maximum atomic E-state index is 12.2. The first kappa shape index (κ1) is 24.2. The van der Waals surface area contributed by atoms with Gasteiger partial charge in [0.05, 0.1) is 14.2 Å². The molecular formula is C28H24N4O4S. The molecule has 5 rings (SSSR count). The van der Waals surface area contributed by atoms with Gasteiger partial charge in [-0.25, -0.2) is 9.78 Å². The Balaban J connectivity index is 1.46. The lowest BCUT2D eigenvalue weighted by atomic mass is 10.1. The van der Waals surface area contributed by atoms with Crippen LogP contribution in [-0.4, -0.2) is 45.0 Å². The monoisotopic (exact) mass is 512 g/mol. The van der Waals surface area contributed by atoms with Gasteiger partial charge in [0, 0.05) is 40.8 Å². The van der Waals surface area contributed by atoms with Crippen LogP contribution in [0.15, 0.2) is 89.1 Å². The number of fused-ring (bicyclic) bond motifs is 1. The summed E-state index contributed by atoms with van der Waals surface area (Å²) in [6.07, 6.45) is 3.65. The summed E-state index contributed by atoms with van der Waals surface area (Å²) in [5.41, 5.74) is 3.71. The van der Waals surface area contributed by atoms with E-state index in [4.69, 9.17) is 9.47 Å². The first-order valence-electron chi connectivity index (χ1n) is 11.4. The van der Waals surface area contributed by atoms with Gasteiger partial charge in [-0.05, 0) is 41.6 Å². The third-order valence-corrected chi connectivity index (χ3v) is 6.68. The molecule has 3 aromatic carbocycles. The number of nitrogens with one attached hydrogen (secondary N) is 1. The van der Waals surface area contributed by atoms with Crippen molar-refractivity contribution in [2.45, 2.75) is 11.7 Å². The molecule has 0 fully saturated rings. The third-order valence-electron chi connectivity index (χ3n) is 5.80. The van der Waals surface area contributed by atoms with E-state index in [2.05, 4.69) is 31.9 Å². The largest absolute Gasteiger partial charge is 0.497 e. The number of carboxylic acid groups (broad SMARTS) is 1. The standard InChI is InChI=1S/C28H24N4O4S/c1-35-21-12-19(13-22(15-21)36-2)26-29-28(31-30-26)37-25(27(33)34)14-20-17-32(16-18-8-4-3-5-9-18)24-11-7-6-10-23(20)24/h3-15,17H,16H2,1-2H3,(H,33,34)(H,29,30,31)/b25-14-. The molecule has 0 aliphatic carbocycles. The number of carboxylic acids is 1. The van der Waals surface area contributed by atoms with Crippen LogP contribution in [0.5, 0.6) is 11.5 Å². The highest BCUT2D eigenvalue weighted by molar-refractivity contribution is 8.04. The smallest absolute Gasteiger partial charge is 0.342 e. The van der Waals surface area contributed by atoms with Crippen LogP contribution in [0.3, 0.4) is 0 Å². The molecule has 8 nitrogen and oxygen atoms in total. The second kappa shape index (κ2) is 10.6. The van der Waals surface area contributed by atoms with Gasteiger partial charge in [0.15, 0.2) is 5.82 Å². The fourth-order valence-electron chi connectivity index (χ4n) is 4.04. The summed E-state index contributed by atoms with van der Waals surface area (Å²) in [5, 5.41) is 18.3. The van der Waals surface area contributed by atoms with Crippen LogP contribution >= 0.6 is 11.8 Å². The van der Waals surface area contributed by atoms with E-state index in [1.807, 2.05) is 48.7 Å². The summed E-state index contributed by atoms with van der Waals surface area (Å²) in [6, 6.07) is 23.5. The number of hydrogen-bond donors (Lipinski definition) is 2. The van der Waals surface area contributed by atoms with E-state index in [1.165, 1.54) is 0 Å². The predicted octanol–water partition coefficient (Wildman–Crippen LogP) is 5.71. The summed E-state index contributed by atoms with van der Waals surface area (Å²) >= 11 is 0.985. The number of carbonyl (C=O) groups is 1. The Kier molecular flexibility index (Phi) is 6.96. The van der Waals surface area contributed by atoms with E-state index < -0.39 is 5.97 Å². The number of aromatic amines is 1. The first-order chi connectivity index (χ1) is 18.0. The second-order valence-electron chi connectivity index (χ2n) is 8.20. The Morgan fingerprint density at radius 3 is 2.43 bits per heavy atom. The van der Waals surface area contributed by atoms with Crippen molar-refractivity contribution in [2.24, 2.45) is 0 Å². The Labute approximate surface area is 217 Å². The number of aliphatic carboxylic acids is 1. The van der Waals surface area contributed by atoms with Crippen molar-refractivity contribution in [3.05, 3.63) is 95.0 Å². The molecule has 0 bridgehead atoms. The number of H-pyrrole nitrogens is 1. The number of thioether (sulfide) groups is 1. The maximum absolute atomic E-state index is 12.2. The highest BCUT2D eigenvalue weighted by atomic mass is 32.2. The number of ether oxygens (including phenoxy) is 2. The Morgan fingerprint density at radius 1 is 1.03 bits per heavy atom. The van der Waals surface area contributed by atoms with Crippen molar-refractivity contribution in [2.75, 3.05) is 14.2 Å². The molecule has 2 heterocycles. The number of rotatable bonds is 9. The number of benzene rings is 3. The number of para-hydroxylation sites is 1. The Bertz CT molecular complexity index is 1570. The maximum Gasteiger partial charge on any atom is 0.342 e. The minimum atomic E-state index is -1.06. The zero-order valence-corrected chi connectivity index (χ0v) is 21.0. The lowest BCUT2D eigenvalue weighted by molar-refractivity contribution is -0.131.